The average molecular weight is 285 g/mol. The Bertz CT molecular complexity index is 557. The SMILES string of the molecule is COCC(NC(C(=O)O)c1ccccc1)c1ccccc1. The number of nitrogens with one attached hydrogen (secondary N) is 1. The van der Waals surface area contributed by atoms with Gasteiger partial charge in [0.1, 0.15) is 6.04 Å². The number of carboxylic acid groups (broad SMARTS) is 1. The van der Waals surface area contributed by atoms with Crippen LogP contribution in [-0.2, 0) is 9.53 Å². The van der Waals surface area contributed by atoms with Crippen molar-refractivity contribution in [2.45, 2.75) is 12.1 Å². The van der Waals surface area contributed by atoms with Gasteiger partial charge in [-0.25, -0.2) is 0 Å². The van der Waals surface area contributed by atoms with E-state index < -0.39 is 12.0 Å². The quantitative estimate of drug-likeness (QED) is 0.821. The van der Waals surface area contributed by atoms with Crippen molar-refractivity contribution in [1.82, 2.24) is 5.32 Å². The van der Waals surface area contributed by atoms with Crippen molar-refractivity contribution in [3.63, 3.8) is 0 Å². The molecule has 0 saturated carbocycles. The lowest BCUT2D eigenvalue weighted by atomic mass is 10.0. The molecule has 110 valence electrons. The van der Waals surface area contributed by atoms with Crippen LogP contribution < -0.4 is 5.32 Å². The standard InChI is InChI=1S/C17H19NO3/c1-21-12-15(13-8-4-2-5-9-13)18-16(17(19)20)14-10-6-3-7-11-14/h2-11,15-16,18H,12H2,1H3,(H,19,20). The third-order valence-electron chi connectivity index (χ3n) is 3.28. The average Bonchev–Trinajstić information content (AvgIpc) is 2.52. The summed E-state index contributed by atoms with van der Waals surface area (Å²) in [4.78, 5) is 11.6. The minimum atomic E-state index is -0.904. The first-order valence-electron chi connectivity index (χ1n) is 6.80. The highest BCUT2D eigenvalue weighted by molar-refractivity contribution is 5.75. The predicted molar refractivity (Wildman–Crippen MR) is 81.0 cm³/mol. The van der Waals surface area contributed by atoms with Crippen LogP contribution in [0, 0.1) is 0 Å². The number of carboxylic acids is 1. The molecule has 0 saturated heterocycles. The number of rotatable bonds is 7. The molecule has 2 aromatic carbocycles. The molecule has 2 rings (SSSR count). The lowest BCUT2D eigenvalue weighted by molar-refractivity contribution is -0.140. The molecule has 2 aromatic rings. The monoisotopic (exact) mass is 285 g/mol. The number of hydrogen-bond donors (Lipinski definition) is 2. The molecule has 4 nitrogen and oxygen atoms in total. The minimum absolute atomic E-state index is 0.183. The molecule has 0 aliphatic heterocycles. The van der Waals surface area contributed by atoms with Gasteiger partial charge in [0.15, 0.2) is 0 Å². The summed E-state index contributed by atoms with van der Waals surface area (Å²) in [7, 11) is 1.61. The van der Waals surface area contributed by atoms with E-state index in [1.54, 1.807) is 19.2 Å². The zero-order valence-electron chi connectivity index (χ0n) is 11.9. The lowest BCUT2D eigenvalue weighted by Crippen LogP contribution is -2.34. The fourth-order valence-electron chi connectivity index (χ4n) is 2.25. The number of aliphatic carboxylic acids is 1. The topological polar surface area (TPSA) is 58.6 Å². The van der Waals surface area contributed by atoms with Gasteiger partial charge in [0.2, 0.25) is 0 Å². The highest BCUT2D eigenvalue weighted by Gasteiger charge is 2.24. The van der Waals surface area contributed by atoms with E-state index >= 15 is 0 Å². The molecule has 0 aliphatic rings. The summed E-state index contributed by atoms with van der Waals surface area (Å²) < 4.78 is 5.22. The number of benzene rings is 2. The summed E-state index contributed by atoms with van der Waals surface area (Å²) in [5, 5.41) is 12.6. The van der Waals surface area contributed by atoms with E-state index in [9.17, 15) is 9.90 Å². The van der Waals surface area contributed by atoms with Gasteiger partial charge in [0.25, 0.3) is 0 Å². The normalized spacial score (nSPS) is 13.6. The summed E-state index contributed by atoms with van der Waals surface area (Å²) >= 11 is 0. The van der Waals surface area contributed by atoms with E-state index in [0.717, 1.165) is 11.1 Å². The Morgan fingerprint density at radius 2 is 1.57 bits per heavy atom. The Hall–Kier alpha value is -2.17. The summed E-state index contributed by atoms with van der Waals surface area (Å²) in [6.07, 6.45) is 0. The molecule has 0 aromatic heterocycles. The molecule has 2 N–H and O–H groups in total. The maximum atomic E-state index is 11.6. The van der Waals surface area contributed by atoms with E-state index in [0.29, 0.717) is 6.61 Å². The van der Waals surface area contributed by atoms with Crippen molar-refractivity contribution in [1.29, 1.82) is 0 Å². The molecule has 0 fully saturated rings. The number of carbonyl (C=O) groups is 1. The first kappa shape index (κ1) is 15.2. The van der Waals surface area contributed by atoms with Crippen LogP contribution >= 0.6 is 0 Å². The van der Waals surface area contributed by atoms with Gasteiger partial charge >= 0.3 is 5.97 Å². The van der Waals surface area contributed by atoms with Crippen LogP contribution in [0.1, 0.15) is 23.2 Å². The molecule has 4 heteroatoms. The van der Waals surface area contributed by atoms with Crippen LogP contribution in [-0.4, -0.2) is 24.8 Å². The maximum absolute atomic E-state index is 11.6. The van der Waals surface area contributed by atoms with Gasteiger partial charge in [-0.15, -0.1) is 0 Å². The van der Waals surface area contributed by atoms with Gasteiger partial charge < -0.3 is 9.84 Å². The summed E-state index contributed by atoms with van der Waals surface area (Å²) in [6.45, 7) is 0.403. The predicted octanol–water partition coefficient (Wildman–Crippen LogP) is 2.79. The third-order valence-corrected chi connectivity index (χ3v) is 3.28. The molecular weight excluding hydrogens is 266 g/mol. The Balaban J connectivity index is 2.23. The van der Waals surface area contributed by atoms with Crippen molar-refractivity contribution < 1.29 is 14.6 Å². The number of hydrogen-bond acceptors (Lipinski definition) is 3. The van der Waals surface area contributed by atoms with Crippen molar-refractivity contribution in [3.05, 3.63) is 71.8 Å². The molecule has 21 heavy (non-hydrogen) atoms. The second-order valence-corrected chi connectivity index (χ2v) is 4.77. The maximum Gasteiger partial charge on any atom is 0.325 e. The van der Waals surface area contributed by atoms with Crippen LogP contribution in [0.4, 0.5) is 0 Å². The molecule has 0 radical (unpaired) electrons. The van der Waals surface area contributed by atoms with E-state index in [1.165, 1.54) is 0 Å². The zero-order chi connectivity index (χ0) is 15.1. The van der Waals surface area contributed by atoms with Gasteiger partial charge in [-0.2, -0.15) is 0 Å². The Morgan fingerprint density at radius 3 is 2.05 bits per heavy atom. The largest absolute Gasteiger partial charge is 0.480 e. The molecule has 0 aliphatic carbocycles. The third kappa shape index (κ3) is 4.15. The van der Waals surface area contributed by atoms with Gasteiger partial charge in [0.05, 0.1) is 12.6 Å². The molecule has 0 amide bonds. The van der Waals surface area contributed by atoms with Gasteiger partial charge in [-0.3, -0.25) is 10.1 Å². The van der Waals surface area contributed by atoms with Crippen LogP contribution in [0.15, 0.2) is 60.7 Å². The Labute approximate surface area is 124 Å². The molecule has 0 spiro atoms. The Kier molecular flexibility index (Phi) is 5.49. The van der Waals surface area contributed by atoms with Crippen molar-refractivity contribution in [3.8, 4) is 0 Å². The second kappa shape index (κ2) is 7.57. The van der Waals surface area contributed by atoms with E-state index in [2.05, 4.69) is 5.32 Å². The van der Waals surface area contributed by atoms with E-state index in [1.807, 2.05) is 48.5 Å². The number of methoxy groups -OCH3 is 1. The molecule has 0 bridgehead atoms. The molecule has 2 atom stereocenters. The summed E-state index contributed by atoms with van der Waals surface area (Å²) in [5.41, 5.74) is 1.73. The van der Waals surface area contributed by atoms with Crippen LogP contribution in [0.2, 0.25) is 0 Å². The first-order chi connectivity index (χ1) is 10.2. The van der Waals surface area contributed by atoms with Gasteiger partial charge in [-0.1, -0.05) is 60.7 Å². The van der Waals surface area contributed by atoms with E-state index in [4.69, 9.17) is 4.74 Å². The number of ether oxygens (including phenoxy) is 1. The molecule has 2 unspecified atom stereocenters. The summed E-state index contributed by atoms with van der Waals surface area (Å²) in [5.74, 6) is -0.904. The minimum Gasteiger partial charge on any atom is -0.480 e. The van der Waals surface area contributed by atoms with Crippen LogP contribution in [0.5, 0.6) is 0 Å². The first-order valence-corrected chi connectivity index (χ1v) is 6.80. The van der Waals surface area contributed by atoms with Crippen molar-refractivity contribution >= 4 is 5.97 Å². The van der Waals surface area contributed by atoms with E-state index in [-0.39, 0.29) is 6.04 Å². The fourth-order valence-corrected chi connectivity index (χ4v) is 2.25. The smallest absolute Gasteiger partial charge is 0.325 e. The Morgan fingerprint density at radius 1 is 1.05 bits per heavy atom. The lowest BCUT2D eigenvalue weighted by Gasteiger charge is -2.23. The summed E-state index contributed by atoms with van der Waals surface area (Å²) in [6, 6.07) is 17.9. The molecular formula is C17H19NO3. The fraction of sp³-hybridized carbons (Fsp3) is 0.235. The van der Waals surface area contributed by atoms with Crippen LogP contribution in [0.3, 0.4) is 0 Å². The van der Waals surface area contributed by atoms with Crippen LogP contribution in [0.25, 0.3) is 0 Å². The van der Waals surface area contributed by atoms with Gasteiger partial charge in [-0.05, 0) is 11.1 Å². The highest BCUT2D eigenvalue weighted by atomic mass is 16.5. The van der Waals surface area contributed by atoms with Crippen molar-refractivity contribution in [2.24, 2.45) is 0 Å². The van der Waals surface area contributed by atoms with Gasteiger partial charge in [0, 0.05) is 7.11 Å². The zero-order valence-corrected chi connectivity index (χ0v) is 11.9. The highest BCUT2D eigenvalue weighted by Crippen LogP contribution is 2.20. The second-order valence-electron chi connectivity index (χ2n) is 4.77. The molecule has 0 heterocycles. The van der Waals surface area contributed by atoms with Crippen molar-refractivity contribution in [2.75, 3.05) is 13.7 Å².